The molecule has 4 heteroatoms. The highest BCUT2D eigenvalue weighted by Gasteiger charge is 2.19. The van der Waals surface area contributed by atoms with Gasteiger partial charge in [-0.1, -0.05) is 117 Å². The molecule has 174 valence electrons. The zero-order valence-corrected chi connectivity index (χ0v) is 19.6. The number of nitrogens with one attached hydrogen (secondary N) is 1. The van der Waals surface area contributed by atoms with Crippen molar-refractivity contribution in [1.29, 1.82) is 0 Å². The van der Waals surface area contributed by atoms with E-state index in [0.29, 0.717) is 12.8 Å². The number of rotatable bonds is 22. The Bertz CT molecular complexity index is 349. The fraction of sp³-hybridized carbons (Fsp3) is 0.960. The van der Waals surface area contributed by atoms with Crippen molar-refractivity contribution in [3.63, 3.8) is 0 Å². The van der Waals surface area contributed by atoms with E-state index in [1.807, 2.05) is 0 Å². The molecule has 0 heterocycles. The molecule has 0 aromatic heterocycles. The van der Waals surface area contributed by atoms with Crippen LogP contribution in [0, 0.1) is 0 Å². The lowest BCUT2D eigenvalue weighted by molar-refractivity contribution is -0.123. The molecule has 0 aliphatic heterocycles. The van der Waals surface area contributed by atoms with Crippen LogP contribution in [0.4, 0.5) is 0 Å². The maximum Gasteiger partial charge on any atom is 0.220 e. The summed E-state index contributed by atoms with van der Waals surface area (Å²) in [4.78, 5) is 12.1. The highest BCUT2D eigenvalue weighted by atomic mass is 16.3. The molecule has 1 amide bonds. The number of carbonyl (C=O) groups is 1. The standard InChI is InChI=1S/C25H51NO3/c1-3-5-7-9-11-12-13-15-16-18-20-24(28)23(22-27)26-25(29)21-19-17-14-10-8-6-4-2/h23-24,27-28H,3-22H2,1-2H3,(H,26,29)/t23-,24+/m0/s1. The first-order valence-electron chi connectivity index (χ1n) is 12.7. The Morgan fingerprint density at radius 2 is 1.10 bits per heavy atom. The molecule has 0 saturated heterocycles. The summed E-state index contributed by atoms with van der Waals surface area (Å²) >= 11 is 0. The fourth-order valence-corrected chi connectivity index (χ4v) is 3.83. The van der Waals surface area contributed by atoms with Crippen LogP contribution in [-0.4, -0.2) is 34.9 Å². The molecule has 0 aliphatic carbocycles. The van der Waals surface area contributed by atoms with Gasteiger partial charge in [-0.3, -0.25) is 4.79 Å². The van der Waals surface area contributed by atoms with Crippen LogP contribution in [-0.2, 0) is 4.79 Å². The molecular formula is C25H51NO3. The molecular weight excluding hydrogens is 362 g/mol. The molecule has 0 fully saturated rings. The van der Waals surface area contributed by atoms with Crippen LogP contribution in [0.5, 0.6) is 0 Å². The molecule has 4 nitrogen and oxygen atoms in total. The monoisotopic (exact) mass is 413 g/mol. The van der Waals surface area contributed by atoms with E-state index in [9.17, 15) is 15.0 Å². The van der Waals surface area contributed by atoms with Gasteiger partial charge in [-0.25, -0.2) is 0 Å². The average molecular weight is 414 g/mol. The molecule has 0 saturated carbocycles. The topological polar surface area (TPSA) is 69.6 Å². The molecule has 0 spiro atoms. The average Bonchev–Trinajstić information content (AvgIpc) is 2.72. The molecule has 0 bridgehead atoms. The zero-order valence-electron chi connectivity index (χ0n) is 19.6. The summed E-state index contributed by atoms with van der Waals surface area (Å²) in [5, 5.41) is 22.6. The lowest BCUT2D eigenvalue weighted by Crippen LogP contribution is -2.45. The van der Waals surface area contributed by atoms with Gasteiger partial charge in [0.15, 0.2) is 0 Å². The summed E-state index contributed by atoms with van der Waals surface area (Å²) in [5.74, 6) is -0.0419. The van der Waals surface area contributed by atoms with Crippen molar-refractivity contribution in [1.82, 2.24) is 5.32 Å². The number of unbranched alkanes of at least 4 members (excludes halogenated alkanes) is 15. The molecule has 0 aromatic rings. The molecule has 0 aliphatic rings. The highest BCUT2D eigenvalue weighted by Crippen LogP contribution is 2.13. The Morgan fingerprint density at radius 1 is 0.690 bits per heavy atom. The summed E-state index contributed by atoms with van der Waals surface area (Å²) < 4.78 is 0. The lowest BCUT2D eigenvalue weighted by atomic mass is 10.0. The van der Waals surface area contributed by atoms with Crippen LogP contribution in [0.1, 0.15) is 136 Å². The van der Waals surface area contributed by atoms with Crippen LogP contribution in [0.15, 0.2) is 0 Å². The van der Waals surface area contributed by atoms with Gasteiger partial charge in [0.1, 0.15) is 0 Å². The van der Waals surface area contributed by atoms with E-state index in [0.717, 1.165) is 25.7 Å². The van der Waals surface area contributed by atoms with E-state index >= 15 is 0 Å². The Labute approximate surface area is 181 Å². The van der Waals surface area contributed by atoms with Crippen molar-refractivity contribution < 1.29 is 15.0 Å². The Kier molecular flexibility index (Phi) is 21.6. The molecule has 29 heavy (non-hydrogen) atoms. The van der Waals surface area contributed by atoms with Crippen molar-refractivity contribution in [3.8, 4) is 0 Å². The first kappa shape index (κ1) is 28.4. The summed E-state index contributed by atoms with van der Waals surface area (Å²) in [6.45, 7) is 4.27. The number of hydrogen-bond acceptors (Lipinski definition) is 3. The van der Waals surface area contributed by atoms with Crippen molar-refractivity contribution in [2.24, 2.45) is 0 Å². The van der Waals surface area contributed by atoms with Crippen molar-refractivity contribution in [2.75, 3.05) is 6.61 Å². The van der Waals surface area contributed by atoms with E-state index in [1.165, 1.54) is 83.5 Å². The van der Waals surface area contributed by atoms with Gasteiger partial charge in [0.25, 0.3) is 0 Å². The first-order chi connectivity index (χ1) is 14.2. The van der Waals surface area contributed by atoms with Gasteiger partial charge < -0.3 is 15.5 Å². The van der Waals surface area contributed by atoms with Crippen LogP contribution < -0.4 is 5.32 Å². The third-order valence-electron chi connectivity index (χ3n) is 5.87. The minimum absolute atomic E-state index is 0.0419. The molecule has 0 aromatic carbocycles. The molecule has 0 radical (unpaired) electrons. The SMILES string of the molecule is CCCCCCCCCCCC[C@@H](O)[C@H](CO)NC(=O)CCCCCCCCC. The maximum atomic E-state index is 12.1. The quantitative estimate of drug-likeness (QED) is 0.183. The lowest BCUT2D eigenvalue weighted by Gasteiger charge is -2.22. The van der Waals surface area contributed by atoms with E-state index in [4.69, 9.17) is 0 Å². The number of amides is 1. The van der Waals surface area contributed by atoms with Crippen LogP contribution in [0.3, 0.4) is 0 Å². The Morgan fingerprint density at radius 3 is 1.55 bits per heavy atom. The number of carbonyl (C=O) groups excluding carboxylic acids is 1. The van der Waals surface area contributed by atoms with Gasteiger partial charge in [-0.15, -0.1) is 0 Å². The van der Waals surface area contributed by atoms with Crippen molar-refractivity contribution in [2.45, 2.75) is 148 Å². The van der Waals surface area contributed by atoms with E-state index in [2.05, 4.69) is 19.2 Å². The number of aliphatic hydroxyl groups excluding tert-OH is 2. The van der Waals surface area contributed by atoms with Crippen LogP contribution >= 0.6 is 0 Å². The van der Waals surface area contributed by atoms with Crippen LogP contribution in [0.2, 0.25) is 0 Å². The minimum atomic E-state index is -0.646. The number of hydrogen-bond donors (Lipinski definition) is 3. The van der Waals surface area contributed by atoms with E-state index in [1.54, 1.807) is 0 Å². The third-order valence-corrected chi connectivity index (χ3v) is 5.87. The Balaban J connectivity index is 3.65. The second-order valence-corrected chi connectivity index (χ2v) is 8.77. The van der Waals surface area contributed by atoms with Gasteiger partial charge in [0.05, 0.1) is 18.8 Å². The van der Waals surface area contributed by atoms with Gasteiger partial charge >= 0.3 is 0 Å². The molecule has 0 unspecified atom stereocenters. The van der Waals surface area contributed by atoms with Crippen molar-refractivity contribution in [3.05, 3.63) is 0 Å². The van der Waals surface area contributed by atoms with Crippen molar-refractivity contribution >= 4 is 5.91 Å². The second-order valence-electron chi connectivity index (χ2n) is 8.77. The smallest absolute Gasteiger partial charge is 0.220 e. The number of aliphatic hydroxyl groups is 2. The van der Waals surface area contributed by atoms with Gasteiger partial charge in [0, 0.05) is 6.42 Å². The van der Waals surface area contributed by atoms with Gasteiger partial charge in [-0.2, -0.15) is 0 Å². The summed E-state index contributed by atoms with van der Waals surface area (Å²) in [6.07, 6.45) is 21.4. The third kappa shape index (κ3) is 19.1. The largest absolute Gasteiger partial charge is 0.394 e. The zero-order chi connectivity index (χ0) is 21.6. The summed E-state index contributed by atoms with van der Waals surface area (Å²) in [5.41, 5.74) is 0. The maximum absolute atomic E-state index is 12.1. The van der Waals surface area contributed by atoms with Gasteiger partial charge in [0.2, 0.25) is 5.91 Å². The van der Waals surface area contributed by atoms with Gasteiger partial charge in [-0.05, 0) is 12.8 Å². The molecule has 2 atom stereocenters. The van der Waals surface area contributed by atoms with E-state index < -0.39 is 12.1 Å². The normalized spacial score (nSPS) is 13.4. The van der Waals surface area contributed by atoms with Crippen LogP contribution in [0.25, 0.3) is 0 Å². The minimum Gasteiger partial charge on any atom is -0.394 e. The fourth-order valence-electron chi connectivity index (χ4n) is 3.83. The van der Waals surface area contributed by atoms with E-state index in [-0.39, 0.29) is 12.5 Å². The second kappa shape index (κ2) is 22.1. The first-order valence-corrected chi connectivity index (χ1v) is 12.7. The predicted octanol–water partition coefficient (Wildman–Crippen LogP) is 6.28. The summed E-state index contributed by atoms with van der Waals surface area (Å²) in [6, 6.07) is -0.523. The Hall–Kier alpha value is -0.610. The summed E-state index contributed by atoms with van der Waals surface area (Å²) in [7, 11) is 0. The highest BCUT2D eigenvalue weighted by molar-refractivity contribution is 5.76. The molecule has 0 rings (SSSR count). The predicted molar refractivity (Wildman–Crippen MR) is 124 cm³/mol. The molecule has 3 N–H and O–H groups in total.